The summed E-state index contributed by atoms with van der Waals surface area (Å²) in [7, 11) is 0. The molecule has 3 saturated heterocycles. The molecule has 1 aromatic heterocycles. The van der Waals surface area contributed by atoms with Gasteiger partial charge >= 0.3 is 0 Å². The summed E-state index contributed by atoms with van der Waals surface area (Å²) in [5.74, 6) is 0.0986. The van der Waals surface area contributed by atoms with Crippen LogP contribution in [-0.4, -0.2) is 108 Å². The number of rotatable bonds is 4. The lowest BCUT2D eigenvalue weighted by atomic mass is 10.1. The zero-order valence-corrected chi connectivity index (χ0v) is 22.1. The Morgan fingerprint density at radius 1 is 1.00 bits per heavy atom. The second-order valence-corrected chi connectivity index (χ2v) is 10.9. The summed E-state index contributed by atoms with van der Waals surface area (Å²) >= 11 is 0. The van der Waals surface area contributed by atoms with Gasteiger partial charge < -0.3 is 19.4 Å². The second-order valence-electron chi connectivity index (χ2n) is 10.9. The summed E-state index contributed by atoms with van der Waals surface area (Å²) < 4.78 is 7.48. The van der Waals surface area contributed by atoms with Crippen LogP contribution in [0.15, 0.2) is 18.2 Å². The fourth-order valence-corrected chi connectivity index (χ4v) is 6.40. The maximum atomic E-state index is 13.5. The molecule has 2 amide bonds. The van der Waals surface area contributed by atoms with Crippen LogP contribution in [0.25, 0.3) is 0 Å². The molecule has 1 aliphatic carbocycles. The number of hydrogen-bond donors (Lipinski definition) is 0. The van der Waals surface area contributed by atoms with E-state index in [0.717, 1.165) is 69.9 Å². The number of aromatic nitrogens is 2. The summed E-state index contributed by atoms with van der Waals surface area (Å²) in [4.78, 5) is 35.5. The minimum absolute atomic E-state index is 0.0108. The van der Waals surface area contributed by atoms with E-state index in [1.165, 1.54) is 16.8 Å². The molecule has 0 saturated carbocycles. The van der Waals surface area contributed by atoms with Gasteiger partial charge in [-0.3, -0.25) is 19.2 Å². The van der Waals surface area contributed by atoms with Crippen molar-refractivity contribution in [3.63, 3.8) is 0 Å². The molecule has 0 radical (unpaired) electrons. The molecule has 1 atom stereocenters. The molecule has 0 N–H and O–H groups in total. The molecule has 9 nitrogen and oxygen atoms in total. The molecule has 0 spiro atoms. The normalized spacial score (nSPS) is 22.2. The van der Waals surface area contributed by atoms with Gasteiger partial charge in [-0.25, -0.2) is 0 Å². The first-order chi connectivity index (χ1) is 18.0. The highest BCUT2D eigenvalue weighted by Gasteiger charge is 2.35. The third kappa shape index (κ3) is 4.63. The standard InChI is InChI=1S/C28H38N6O3/c1-20-5-3-7-24(21(20)2)31-10-12-32(13-11-31)26(35)18-34-25-8-4-6-23(25)27(29-34)28(36)33-14-9-30-15-16-37-19-22(30)17-33/h3,5,7,22H,4,6,8-19H2,1-2H3/t22-/m1/s1. The zero-order chi connectivity index (χ0) is 25.5. The third-order valence-electron chi connectivity index (χ3n) is 8.77. The highest BCUT2D eigenvalue weighted by Crippen LogP contribution is 2.28. The molecular formula is C28H38N6O3. The number of carbonyl (C=O) groups is 2. The Kier molecular flexibility index (Phi) is 6.67. The molecule has 3 aliphatic heterocycles. The number of hydrogen-bond acceptors (Lipinski definition) is 6. The molecule has 2 aromatic rings. The van der Waals surface area contributed by atoms with Crippen LogP contribution < -0.4 is 4.90 Å². The van der Waals surface area contributed by atoms with E-state index in [2.05, 4.69) is 41.8 Å². The number of aryl methyl sites for hydroxylation is 1. The monoisotopic (exact) mass is 506 g/mol. The van der Waals surface area contributed by atoms with Crippen LogP contribution in [0.3, 0.4) is 0 Å². The van der Waals surface area contributed by atoms with E-state index in [1.54, 1.807) is 0 Å². The first-order valence-corrected chi connectivity index (χ1v) is 13.8. The second kappa shape index (κ2) is 10.1. The van der Waals surface area contributed by atoms with Crippen molar-refractivity contribution in [1.29, 1.82) is 0 Å². The first kappa shape index (κ1) is 24.4. The van der Waals surface area contributed by atoms with Crippen LogP contribution >= 0.6 is 0 Å². The number of anilines is 1. The number of ether oxygens (including phenoxy) is 1. The van der Waals surface area contributed by atoms with Gasteiger partial charge in [-0.2, -0.15) is 5.10 Å². The van der Waals surface area contributed by atoms with Crippen molar-refractivity contribution in [3.05, 3.63) is 46.3 Å². The van der Waals surface area contributed by atoms with Crippen molar-refractivity contribution >= 4 is 17.5 Å². The van der Waals surface area contributed by atoms with E-state index in [1.807, 2.05) is 14.5 Å². The first-order valence-electron chi connectivity index (χ1n) is 13.8. The third-order valence-corrected chi connectivity index (χ3v) is 8.77. The minimum Gasteiger partial charge on any atom is -0.378 e. The molecule has 3 fully saturated rings. The number of benzene rings is 1. The maximum Gasteiger partial charge on any atom is 0.274 e. The van der Waals surface area contributed by atoms with E-state index in [0.29, 0.717) is 31.9 Å². The quantitative estimate of drug-likeness (QED) is 0.626. The number of nitrogens with zero attached hydrogens (tertiary/aromatic N) is 6. The van der Waals surface area contributed by atoms with Crippen LogP contribution in [0.1, 0.15) is 39.3 Å². The molecule has 6 rings (SSSR count). The van der Waals surface area contributed by atoms with Gasteiger partial charge in [0.25, 0.3) is 5.91 Å². The number of amides is 2. The fourth-order valence-electron chi connectivity index (χ4n) is 6.40. The molecular weight excluding hydrogens is 468 g/mol. The van der Waals surface area contributed by atoms with E-state index in [-0.39, 0.29) is 24.4 Å². The van der Waals surface area contributed by atoms with E-state index in [4.69, 9.17) is 9.84 Å². The predicted molar refractivity (Wildman–Crippen MR) is 141 cm³/mol. The molecule has 4 aliphatic rings. The Labute approximate surface area is 218 Å². The predicted octanol–water partition coefficient (Wildman–Crippen LogP) is 1.49. The Morgan fingerprint density at radius 3 is 2.65 bits per heavy atom. The van der Waals surface area contributed by atoms with E-state index in [9.17, 15) is 9.59 Å². The number of carbonyl (C=O) groups excluding carboxylic acids is 2. The topological polar surface area (TPSA) is 74.2 Å². The molecule has 4 heterocycles. The summed E-state index contributed by atoms with van der Waals surface area (Å²) in [5, 5.41) is 4.75. The lowest BCUT2D eigenvalue weighted by molar-refractivity contribution is -0.132. The van der Waals surface area contributed by atoms with Crippen molar-refractivity contribution in [1.82, 2.24) is 24.5 Å². The average molecular weight is 507 g/mol. The Bertz CT molecular complexity index is 1180. The summed E-state index contributed by atoms with van der Waals surface area (Å²) in [5.41, 5.74) is 6.56. The van der Waals surface area contributed by atoms with Gasteiger partial charge in [-0.15, -0.1) is 0 Å². The summed E-state index contributed by atoms with van der Waals surface area (Å²) in [6, 6.07) is 6.69. The van der Waals surface area contributed by atoms with Gasteiger partial charge in [-0.05, 0) is 50.3 Å². The number of fused-ring (bicyclic) bond motifs is 2. The Balaban J connectivity index is 1.11. The van der Waals surface area contributed by atoms with Gasteiger partial charge in [0.15, 0.2) is 5.69 Å². The minimum atomic E-state index is 0.0108. The lowest BCUT2D eigenvalue weighted by Gasteiger charge is -2.43. The van der Waals surface area contributed by atoms with Crippen LogP contribution in [0.4, 0.5) is 5.69 Å². The van der Waals surface area contributed by atoms with E-state index >= 15 is 0 Å². The van der Waals surface area contributed by atoms with Gasteiger partial charge in [-0.1, -0.05) is 12.1 Å². The van der Waals surface area contributed by atoms with Gasteiger partial charge in [0.05, 0.1) is 19.3 Å². The van der Waals surface area contributed by atoms with Crippen LogP contribution in [0.2, 0.25) is 0 Å². The SMILES string of the molecule is Cc1cccc(N2CCN(C(=O)Cn3nc(C(=O)N4CCN5CCOC[C@H]5C4)c4c3CCC4)CC2)c1C. The Morgan fingerprint density at radius 2 is 1.81 bits per heavy atom. The summed E-state index contributed by atoms with van der Waals surface area (Å²) in [6.45, 7) is 12.3. The molecule has 0 bridgehead atoms. The van der Waals surface area contributed by atoms with Crippen molar-refractivity contribution in [2.24, 2.45) is 0 Å². The lowest BCUT2D eigenvalue weighted by Crippen LogP contribution is -2.59. The highest BCUT2D eigenvalue weighted by atomic mass is 16.5. The molecule has 198 valence electrons. The number of morpholine rings is 1. The average Bonchev–Trinajstić information content (AvgIpc) is 3.54. The number of piperazine rings is 2. The molecule has 37 heavy (non-hydrogen) atoms. The van der Waals surface area contributed by atoms with Crippen molar-refractivity contribution in [2.75, 3.05) is 70.5 Å². The molecule has 9 heteroatoms. The van der Waals surface area contributed by atoms with Gasteiger partial charge in [0, 0.05) is 69.3 Å². The molecule has 1 aromatic carbocycles. The van der Waals surface area contributed by atoms with Gasteiger partial charge in [0.2, 0.25) is 5.91 Å². The summed E-state index contributed by atoms with van der Waals surface area (Å²) in [6.07, 6.45) is 2.76. The van der Waals surface area contributed by atoms with Crippen LogP contribution in [0, 0.1) is 13.8 Å². The highest BCUT2D eigenvalue weighted by molar-refractivity contribution is 5.94. The maximum absolute atomic E-state index is 13.5. The van der Waals surface area contributed by atoms with Crippen molar-refractivity contribution in [3.8, 4) is 0 Å². The fraction of sp³-hybridized carbons (Fsp3) is 0.607. The van der Waals surface area contributed by atoms with Crippen LogP contribution in [0.5, 0.6) is 0 Å². The largest absolute Gasteiger partial charge is 0.378 e. The van der Waals surface area contributed by atoms with Gasteiger partial charge in [0.1, 0.15) is 6.54 Å². The van der Waals surface area contributed by atoms with Crippen LogP contribution in [-0.2, 0) is 28.9 Å². The van der Waals surface area contributed by atoms with E-state index < -0.39 is 0 Å². The van der Waals surface area contributed by atoms with Crippen molar-refractivity contribution < 1.29 is 14.3 Å². The molecule has 0 unspecified atom stereocenters. The Hall–Kier alpha value is -2.91. The smallest absolute Gasteiger partial charge is 0.274 e. The zero-order valence-electron chi connectivity index (χ0n) is 22.1. The van der Waals surface area contributed by atoms with Crippen molar-refractivity contribution in [2.45, 2.75) is 45.7 Å².